The van der Waals surface area contributed by atoms with Crippen molar-refractivity contribution < 1.29 is 14.3 Å². The number of nitrogens with two attached hydrogens (primary N) is 1. The number of hydrogen-bond donors (Lipinski definition) is 1. The number of ether oxygens (including phenoxy) is 2. The van der Waals surface area contributed by atoms with Crippen LogP contribution in [0.1, 0.15) is 27.2 Å². The van der Waals surface area contributed by atoms with Gasteiger partial charge in [-0.3, -0.25) is 0 Å². The van der Waals surface area contributed by atoms with Crippen LogP contribution in [-0.2, 0) is 4.74 Å². The van der Waals surface area contributed by atoms with Gasteiger partial charge in [0.15, 0.2) is 0 Å². The molecule has 6 heteroatoms. The molecule has 0 unspecified atom stereocenters. The minimum atomic E-state index is -0.530. The Hall–Kier alpha value is -1.46. The number of benzene rings is 1. The molecular formula is C16H23ClN2O3. The van der Waals surface area contributed by atoms with Gasteiger partial charge < -0.3 is 20.1 Å². The Morgan fingerprint density at radius 2 is 2.09 bits per heavy atom. The Morgan fingerprint density at radius 1 is 1.41 bits per heavy atom. The first-order chi connectivity index (χ1) is 10.3. The fourth-order valence-corrected chi connectivity index (χ4v) is 2.59. The maximum atomic E-state index is 12.3. The van der Waals surface area contributed by atoms with Crippen molar-refractivity contribution in [3.05, 3.63) is 29.3 Å². The molecule has 0 aromatic heterocycles. The van der Waals surface area contributed by atoms with Gasteiger partial charge in [-0.1, -0.05) is 23.7 Å². The van der Waals surface area contributed by atoms with Crippen LogP contribution in [0, 0.1) is 0 Å². The van der Waals surface area contributed by atoms with Crippen LogP contribution < -0.4 is 10.5 Å². The summed E-state index contributed by atoms with van der Waals surface area (Å²) in [4.78, 5) is 13.9. The molecule has 2 atom stereocenters. The highest BCUT2D eigenvalue weighted by Gasteiger charge is 2.36. The molecule has 0 bridgehead atoms. The smallest absolute Gasteiger partial charge is 0.410 e. The predicted molar refractivity (Wildman–Crippen MR) is 86.3 cm³/mol. The maximum absolute atomic E-state index is 12.3. The molecule has 0 radical (unpaired) electrons. The Kier molecular flexibility index (Phi) is 5.19. The topological polar surface area (TPSA) is 64.8 Å². The lowest BCUT2D eigenvalue weighted by Crippen LogP contribution is -2.42. The molecule has 1 saturated heterocycles. The number of rotatable bonds is 3. The molecule has 1 aliphatic heterocycles. The second-order valence-corrected chi connectivity index (χ2v) is 6.93. The number of amides is 1. The number of hydrogen-bond acceptors (Lipinski definition) is 4. The minimum absolute atomic E-state index is 0.0626. The Morgan fingerprint density at radius 3 is 2.73 bits per heavy atom. The van der Waals surface area contributed by atoms with E-state index in [1.165, 1.54) is 0 Å². The summed E-state index contributed by atoms with van der Waals surface area (Å²) >= 11 is 6.07. The normalized spacial score (nSPS) is 21.8. The van der Waals surface area contributed by atoms with Gasteiger partial charge in [0.1, 0.15) is 18.0 Å². The van der Waals surface area contributed by atoms with Gasteiger partial charge in [-0.25, -0.2) is 4.79 Å². The van der Waals surface area contributed by atoms with E-state index >= 15 is 0 Å². The van der Waals surface area contributed by atoms with Crippen LogP contribution in [0.3, 0.4) is 0 Å². The number of nitrogens with zero attached hydrogens (tertiary/aromatic N) is 1. The summed E-state index contributed by atoms with van der Waals surface area (Å²) in [5.74, 6) is 0.605. The van der Waals surface area contributed by atoms with Crippen LogP contribution in [0.15, 0.2) is 24.3 Å². The number of likely N-dealkylation sites (tertiary alicyclic amines) is 1. The number of halogens is 1. The van der Waals surface area contributed by atoms with Gasteiger partial charge >= 0.3 is 6.09 Å². The monoisotopic (exact) mass is 326 g/mol. The van der Waals surface area contributed by atoms with Gasteiger partial charge in [0.05, 0.1) is 11.1 Å². The quantitative estimate of drug-likeness (QED) is 0.927. The third-order valence-electron chi connectivity index (χ3n) is 3.34. The molecule has 0 aliphatic carbocycles. The van der Waals surface area contributed by atoms with Gasteiger partial charge in [-0.05, 0) is 39.3 Å². The highest BCUT2D eigenvalue weighted by Crippen LogP contribution is 2.26. The van der Waals surface area contributed by atoms with Crippen LogP contribution in [0.25, 0.3) is 0 Å². The van der Waals surface area contributed by atoms with Crippen LogP contribution in [0.5, 0.6) is 5.75 Å². The SMILES string of the molecule is CC(C)(C)OC(=O)N1C[C@@H](N)C[C@H]1COc1ccccc1Cl. The predicted octanol–water partition coefficient (Wildman–Crippen LogP) is 3.06. The van der Waals surface area contributed by atoms with Crippen molar-refractivity contribution in [3.8, 4) is 5.75 Å². The summed E-state index contributed by atoms with van der Waals surface area (Å²) in [6.45, 7) is 6.35. The summed E-state index contributed by atoms with van der Waals surface area (Å²) in [5, 5.41) is 0.550. The number of para-hydroxylation sites is 1. The zero-order chi connectivity index (χ0) is 16.3. The molecule has 1 amide bonds. The van der Waals surface area contributed by atoms with Crippen molar-refractivity contribution in [2.24, 2.45) is 5.73 Å². The largest absolute Gasteiger partial charge is 0.490 e. The molecule has 2 N–H and O–H groups in total. The van der Waals surface area contributed by atoms with Crippen molar-refractivity contribution >= 4 is 17.7 Å². The van der Waals surface area contributed by atoms with E-state index in [1.54, 1.807) is 17.0 Å². The molecule has 1 heterocycles. The second kappa shape index (κ2) is 6.75. The van der Waals surface area contributed by atoms with E-state index in [0.717, 1.165) is 0 Å². The first kappa shape index (κ1) is 16.9. The van der Waals surface area contributed by atoms with Crippen LogP contribution in [0.4, 0.5) is 4.79 Å². The zero-order valence-corrected chi connectivity index (χ0v) is 14.0. The molecule has 5 nitrogen and oxygen atoms in total. The van der Waals surface area contributed by atoms with Crippen molar-refractivity contribution in [1.82, 2.24) is 4.90 Å². The summed E-state index contributed by atoms with van der Waals surface area (Å²) < 4.78 is 11.2. The molecule has 1 fully saturated rings. The van der Waals surface area contributed by atoms with Crippen molar-refractivity contribution in [3.63, 3.8) is 0 Å². The summed E-state index contributed by atoms with van der Waals surface area (Å²) in [5.41, 5.74) is 5.46. The molecule has 0 saturated carbocycles. The molecule has 22 heavy (non-hydrogen) atoms. The summed E-state index contributed by atoms with van der Waals surface area (Å²) in [7, 11) is 0. The van der Waals surface area contributed by atoms with E-state index < -0.39 is 5.60 Å². The van der Waals surface area contributed by atoms with E-state index in [0.29, 0.717) is 30.3 Å². The molecule has 1 aromatic carbocycles. The molecular weight excluding hydrogens is 304 g/mol. The molecule has 122 valence electrons. The van der Waals surface area contributed by atoms with Gasteiger partial charge in [-0.15, -0.1) is 0 Å². The van der Waals surface area contributed by atoms with E-state index in [2.05, 4.69) is 0 Å². The Balaban J connectivity index is 1.99. The van der Waals surface area contributed by atoms with Crippen LogP contribution in [0.2, 0.25) is 5.02 Å². The van der Waals surface area contributed by atoms with E-state index in [1.807, 2.05) is 32.9 Å². The summed E-state index contributed by atoms with van der Waals surface area (Å²) in [6, 6.07) is 7.09. The van der Waals surface area contributed by atoms with Gasteiger partial charge in [-0.2, -0.15) is 0 Å². The Labute approximate surface area is 136 Å². The third-order valence-corrected chi connectivity index (χ3v) is 3.65. The lowest BCUT2D eigenvalue weighted by Gasteiger charge is -2.28. The summed E-state index contributed by atoms with van der Waals surface area (Å²) in [6.07, 6.45) is 0.331. The first-order valence-electron chi connectivity index (χ1n) is 7.39. The highest BCUT2D eigenvalue weighted by molar-refractivity contribution is 6.32. The van der Waals surface area contributed by atoms with Crippen LogP contribution in [-0.4, -0.2) is 41.8 Å². The molecule has 1 aromatic rings. The van der Waals surface area contributed by atoms with Crippen molar-refractivity contribution in [2.45, 2.75) is 44.9 Å². The van der Waals surface area contributed by atoms with Crippen molar-refractivity contribution in [1.29, 1.82) is 0 Å². The molecule has 0 spiro atoms. The minimum Gasteiger partial charge on any atom is -0.490 e. The zero-order valence-electron chi connectivity index (χ0n) is 13.2. The average molecular weight is 327 g/mol. The molecule has 1 aliphatic rings. The number of carbonyl (C=O) groups excluding carboxylic acids is 1. The fourth-order valence-electron chi connectivity index (χ4n) is 2.40. The second-order valence-electron chi connectivity index (χ2n) is 6.52. The highest BCUT2D eigenvalue weighted by atomic mass is 35.5. The Bertz CT molecular complexity index is 530. The molecule has 2 rings (SSSR count). The number of carbonyl (C=O) groups is 1. The van der Waals surface area contributed by atoms with Crippen molar-refractivity contribution in [2.75, 3.05) is 13.2 Å². The van der Waals surface area contributed by atoms with Gasteiger partial charge in [0.2, 0.25) is 0 Å². The first-order valence-corrected chi connectivity index (χ1v) is 7.76. The van der Waals surface area contributed by atoms with E-state index in [9.17, 15) is 4.79 Å². The standard InChI is InChI=1S/C16H23ClN2O3/c1-16(2,3)22-15(20)19-9-11(18)8-12(19)10-21-14-7-5-4-6-13(14)17/h4-7,11-12H,8-10,18H2,1-3H3/t11-,12-/m0/s1. The average Bonchev–Trinajstić information content (AvgIpc) is 2.77. The fraction of sp³-hybridized carbons (Fsp3) is 0.562. The third kappa shape index (κ3) is 4.52. The van der Waals surface area contributed by atoms with Crippen LogP contribution >= 0.6 is 11.6 Å². The van der Waals surface area contributed by atoms with Gasteiger partial charge in [0.25, 0.3) is 0 Å². The lowest BCUT2D eigenvalue weighted by molar-refractivity contribution is 0.0186. The maximum Gasteiger partial charge on any atom is 0.410 e. The van der Waals surface area contributed by atoms with Gasteiger partial charge in [0, 0.05) is 12.6 Å². The van der Waals surface area contributed by atoms with E-state index in [4.69, 9.17) is 26.8 Å². The lowest BCUT2D eigenvalue weighted by atomic mass is 10.2. The van der Waals surface area contributed by atoms with E-state index in [-0.39, 0.29) is 18.2 Å².